The summed E-state index contributed by atoms with van der Waals surface area (Å²) >= 11 is 5.90. The van der Waals surface area contributed by atoms with Crippen LogP contribution in [-0.2, 0) is 4.79 Å². The van der Waals surface area contributed by atoms with E-state index < -0.39 is 5.97 Å². The van der Waals surface area contributed by atoms with E-state index in [0.29, 0.717) is 28.5 Å². The van der Waals surface area contributed by atoms with E-state index >= 15 is 0 Å². The maximum absolute atomic E-state index is 12.9. The average molecular weight is 401 g/mol. The van der Waals surface area contributed by atoms with Crippen LogP contribution in [0.4, 0.5) is 5.69 Å². The molecule has 2 aromatic rings. The number of hydrazone groups is 1. The lowest BCUT2D eigenvalue weighted by atomic mass is 10.1. The van der Waals surface area contributed by atoms with Crippen molar-refractivity contribution in [1.29, 1.82) is 0 Å². The van der Waals surface area contributed by atoms with E-state index in [-0.39, 0.29) is 16.5 Å². The van der Waals surface area contributed by atoms with Crippen molar-refractivity contribution in [3.63, 3.8) is 0 Å². The first-order chi connectivity index (χ1) is 13.3. The Morgan fingerprint density at radius 3 is 2.50 bits per heavy atom. The van der Waals surface area contributed by atoms with Gasteiger partial charge in [0.1, 0.15) is 0 Å². The van der Waals surface area contributed by atoms with Crippen molar-refractivity contribution < 1.29 is 24.2 Å². The van der Waals surface area contributed by atoms with E-state index in [1.165, 1.54) is 19.2 Å². The van der Waals surface area contributed by atoms with Crippen LogP contribution in [0.3, 0.4) is 0 Å². The predicted octanol–water partition coefficient (Wildman–Crippen LogP) is 3.86. The van der Waals surface area contributed by atoms with Crippen LogP contribution in [0.2, 0.25) is 5.02 Å². The van der Waals surface area contributed by atoms with Gasteiger partial charge in [-0.15, -0.1) is 0 Å². The van der Waals surface area contributed by atoms with E-state index in [1.807, 2.05) is 0 Å². The van der Waals surface area contributed by atoms with E-state index in [0.717, 1.165) is 10.6 Å². The number of ether oxygens (including phenoxy) is 2. The summed E-state index contributed by atoms with van der Waals surface area (Å²) in [6.07, 6.45) is 1.69. The summed E-state index contributed by atoms with van der Waals surface area (Å²) in [5.41, 5.74) is 1.85. The summed E-state index contributed by atoms with van der Waals surface area (Å²) in [5.74, 6) is -0.430. The maximum atomic E-state index is 12.9. The van der Waals surface area contributed by atoms with Crippen molar-refractivity contribution in [3.8, 4) is 11.5 Å². The molecule has 1 amide bonds. The molecule has 2 aromatic carbocycles. The third-order valence-electron chi connectivity index (χ3n) is 4.21. The van der Waals surface area contributed by atoms with Gasteiger partial charge in [-0.3, -0.25) is 4.79 Å². The lowest BCUT2D eigenvalue weighted by Gasteiger charge is -2.13. The van der Waals surface area contributed by atoms with Gasteiger partial charge < -0.3 is 14.6 Å². The third-order valence-corrected chi connectivity index (χ3v) is 4.54. The molecule has 1 aliphatic heterocycles. The highest BCUT2D eigenvalue weighted by Gasteiger charge is 2.29. The molecule has 0 saturated heterocycles. The molecule has 0 radical (unpaired) electrons. The van der Waals surface area contributed by atoms with Gasteiger partial charge in [0, 0.05) is 0 Å². The van der Waals surface area contributed by atoms with Gasteiger partial charge in [0.05, 0.1) is 41.8 Å². The fourth-order valence-corrected chi connectivity index (χ4v) is 2.98. The first-order valence-electron chi connectivity index (χ1n) is 8.22. The van der Waals surface area contributed by atoms with Crippen LogP contribution in [0.15, 0.2) is 47.1 Å². The standard InChI is InChI=1S/C20H17ClN2O5/c1-11-14(8-12-4-7-17(27-2)18(9-12)28-3)19(24)23(22-11)13-5-6-16(21)15(10-13)20(25)26/h4-10H,1-3H3,(H,25,26). The molecule has 0 aliphatic carbocycles. The van der Waals surface area contributed by atoms with Crippen molar-refractivity contribution in [3.05, 3.63) is 58.1 Å². The second-order valence-electron chi connectivity index (χ2n) is 5.94. The molecule has 0 aromatic heterocycles. The molecule has 0 spiro atoms. The molecule has 144 valence electrons. The number of amides is 1. The molecule has 0 fully saturated rings. The molecule has 0 saturated carbocycles. The Labute approximate surface area is 166 Å². The van der Waals surface area contributed by atoms with Gasteiger partial charge in [0.15, 0.2) is 11.5 Å². The lowest BCUT2D eigenvalue weighted by molar-refractivity contribution is -0.114. The minimum Gasteiger partial charge on any atom is -0.493 e. The Morgan fingerprint density at radius 1 is 1.14 bits per heavy atom. The number of carbonyl (C=O) groups is 2. The van der Waals surface area contributed by atoms with Crippen LogP contribution in [0.5, 0.6) is 11.5 Å². The number of aromatic carboxylic acids is 1. The number of nitrogens with zero attached hydrogens (tertiary/aromatic N) is 2. The largest absolute Gasteiger partial charge is 0.493 e. The molecular formula is C20H17ClN2O5. The van der Waals surface area contributed by atoms with Gasteiger partial charge in [-0.2, -0.15) is 10.1 Å². The van der Waals surface area contributed by atoms with Crippen LogP contribution in [0.25, 0.3) is 6.08 Å². The zero-order valence-corrected chi connectivity index (χ0v) is 16.1. The number of methoxy groups -OCH3 is 2. The SMILES string of the molecule is COc1ccc(C=C2C(=O)N(c3ccc(Cl)c(C(=O)O)c3)N=C2C)cc1OC. The molecular weight excluding hydrogens is 384 g/mol. The molecule has 7 nitrogen and oxygen atoms in total. The van der Waals surface area contributed by atoms with Crippen molar-refractivity contribution >= 4 is 41.0 Å². The van der Waals surface area contributed by atoms with Gasteiger partial charge in [0.25, 0.3) is 5.91 Å². The number of rotatable bonds is 5. The summed E-state index contributed by atoms with van der Waals surface area (Å²) in [4.78, 5) is 24.2. The van der Waals surface area contributed by atoms with Gasteiger partial charge >= 0.3 is 5.97 Å². The van der Waals surface area contributed by atoms with E-state index in [2.05, 4.69) is 5.10 Å². The number of carboxylic acids is 1. The Balaban J connectivity index is 1.96. The number of anilines is 1. The lowest BCUT2D eigenvalue weighted by Crippen LogP contribution is -2.21. The maximum Gasteiger partial charge on any atom is 0.337 e. The Morgan fingerprint density at radius 2 is 1.86 bits per heavy atom. The highest BCUT2D eigenvalue weighted by Crippen LogP contribution is 2.31. The van der Waals surface area contributed by atoms with Crippen LogP contribution < -0.4 is 14.5 Å². The van der Waals surface area contributed by atoms with Crippen LogP contribution >= 0.6 is 11.6 Å². The van der Waals surface area contributed by atoms with Crippen LogP contribution in [0, 0.1) is 0 Å². The fraction of sp³-hybridized carbons (Fsp3) is 0.150. The number of hydrogen-bond acceptors (Lipinski definition) is 5. The Hall–Kier alpha value is -3.32. The first kappa shape index (κ1) is 19.4. The highest BCUT2D eigenvalue weighted by atomic mass is 35.5. The van der Waals surface area contributed by atoms with Crippen molar-refractivity contribution in [2.45, 2.75) is 6.92 Å². The second-order valence-corrected chi connectivity index (χ2v) is 6.35. The first-order valence-corrected chi connectivity index (χ1v) is 8.60. The molecule has 0 bridgehead atoms. The molecule has 28 heavy (non-hydrogen) atoms. The normalized spacial score (nSPS) is 15.0. The Kier molecular flexibility index (Phi) is 5.37. The topological polar surface area (TPSA) is 88.4 Å². The zero-order chi connectivity index (χ0) is 20.4. The molecule has 1 aliphatic rings. The number of halogens is 1. The summed E-state index contributed by atoms with van der Waals surface area (Å²) < 4.78 is 10.5. The summed E-state index contributed by atoms with van der Waals surface area (Å²) in [5, 5.41) is 14.7. The van der Waals surface area contributed by atoms with Gasteiger partial charge in [-0.1, -0.05) is 17.7 Å². The van der Waals surface area contributed by atoms with Crippen molar-refractivity contribution in [1.82, 2.24) is 0 Å². The third kappa shape index (κ3) is 3.57. The Bertz CT molecular complexity index is 1030. The van der Waals surface area contributed by atoms with E-state index in [1.54, 1.807) is 44.4 Å². The van der Waals surface area contributed by atoms with Gasteiger partial charge in [-0.25, -0.2) is 4.79 Å². The van der Waals surface area contributed by atoms with E-state index in [9.17, 15) is 14.7 Å². The molecule has 0 unspecified atom stereocenters. The zero-order valence-electron chi connectivity index (χ0n) is 15.4. The fourth-order valence-electron chi connectivity index (χ4n) is 2.78. The van der Waals surface area contributed by atoms with Crippen molar-refractivity contribution in [2.75, 3.05) is 19.2 Å². The van der Waals surface area contributed by atoms with Crippen molar-refractivity contribution in [2.24, 2.45) is 5.10 Å². The summed E-state index contributed by atoms with van der Waals surface area (Å²) in [6.45, 7) is 1.71. The monoisotopic (exact) mass is 400 g/mol. The minimum absolute atomic E-state index is 0.0877. The highest BCUT2D eigenvalue weighted by molar-refractivity contribution is 6.34. The summed E-state index contributed by atoms with van der Waals surface area (Å²) in [7, 11) is 3.08. The molecule has 1 heterocycles. The van der Waals surface area contributed by atoms with Crippen LogP contribution in [-0.4, -0.2) is 36.9 Å². The number of benzene rings is 2. The number of carboxylic acid groups (broad SMARTS) is 1. The number of hydrogen-bond donors (Lipinski definition) is 1. The minimum atomic E-state index is -1.18. The predicted molar refractivity (Wildman–Crippen MR) is 107 cm³/mol. The quantitative estimate of drug-likeness (QED) is 0.770. The smallest absolute Gasteiger partial charge is 0.337 e. The second kappa shape index (κ2) is 7.74. The molecule has 0 atom stereocenters. The molecule has 3 rings (SSSR count). The van der Waals surface area contributed by atoms with Gasteiger partial charge in [-0.05, 0) is 48.9 Å². The number of carbonyl (C=O) groups excluding carboxylic acids is 1. The molecule has 1 N–H and O–H groups in total. The molecule has 8 heteroatoms. The van der Waals surface area contributed by atoms with Gasteiger partial charge in [0.2, 0.25) is 0 Å². The van der Waals surface area contributed by atoms with E-state index in [4.69, 9.17) is 21.1 Å². The summed E-state index contributed by atoms with van der Waals surface area (Å²) in [6, 6.07) is 9.57. The van der Waals surface area contributed by atoms with Crippen LogP contribution in [0.1, 0.15) is 22.8 Å². The average Bonchev–Trinajstić information content (AvgIpc) is 2.96.